The largest absolute Gasteiger partial charge is 0.454 e. The van der Waals surface area contributed by atoms with Crippen LogP contribution in [-0.4, -0.2) is 55.2 Å². The molecule has 0 spiro atoms. The van der Waals surface area contributed by atoms with Crippen molar-refractivity contribution < 1.29 is 14.3 Å². The number of hydrogen-bond donors (Lipinski definition) is 1. The zero-order valence-electron chi connectivity index (χ0n) is 16.3. The molecule has 0 unspecified atom stereocenters. The average Bonchev–Trinajstić information content (AvgIpc) is 3.17. The molecule has 1 saturated heterocycles. The molecule has 1 N–H and O–H groups in total. The Morgan fingerprint density at radius 2 is 1.68 bits per heavy atom. The standard InChI is InChI=1S/C22H27N3O3/c1-17-2-5-19(6-3-17)23-22(26)8-9-24-10-12-25(13-11-24)15-18-4-7-20-21(14-18)28-16-27-20/h2-7,14H,8-13,15-16H2,1H3,(H,23,26). The fourth-order valence-electron chi connectivity index (χ4n) is 3.59. The van der Waals surface area contributed by atoms with E-state index in [1.807, 2.05) is 37.3 Å². The van der Waals surface area contributed by atoms with Gasteiger partial charge in [-0.15, -0.1) is 0 Å². The minimum Gasteiger partial charge on any atom is -0.454 e. The van der Waals surface area contributed by atoms with Crippen LogP contribution in [-0.2, 0) is 11.3 Å². The second kappa shape index (κ2) is 8.63. The van der Waals surface area contributed by atoms with Crippen molar-refractivity contribution in [2.75, 3.05) is 44.8 Å². The Balaban J connectivity index is 1.18. The van der Waals surface area contributed by atoms with Crippen molar-refractivity contribution in [3.05, 3.63) is 53.6 Å². The first kappa shape index (κ1) is 18.8. The summed E-state index contributed by atoms with van der Waals surface area (Å²) in [4.78, 5) is 17.0. The van der Waals surface area contributed by atoms with Crippen LogP contribution in [0.3, 0.4) is 0 Å². The van der Waals surface area contributed by atoms with Crippen molar-refractivity contribution in [3.8, 4) is 11.5 Å². The molecule has 0 aromatic heterocycles. The molecule has 0 radical (unpaired) electrons. The van der Waals surface area contributed by atoms with Gasteiger partial charge in [0.25, 0.3) is 0 Å². The topological polar surface area (TPSA) is 54.0 Å². The van der Waals surface area contributed by atoms with Crippen LogP contribution in [0, 0.1) is 6.92 Å². The van der Waals surface area contributed by atoms with Gasteiger partial charge in [-0.3, -0.25) is 9.69 Å². The van der Waals surface area contributed by atoms with Gasteiger partial charge >= 0.3 is 0 Å². The maximum atomic E-state index is 12.2. The number of fused-ring (bicyclic) bond motifs is 1. The summed E-state index contributed by atoms with van der Waals surface area (Å²) in [7, 11) is 0. The average molecular weight is 381 g/mol. The summed E-state index contributed by atoms with van der Waals surface area (Å²) in [6, 6.07) is 14.1. The molecule has 0 aliphatic carbocycles. The molecule has 2 heterocycles. The third-order valence-electron chi connectivity index (χ3n) is 5.30. The van der Waals surface area contributed by atoms with E-state index in [1.165, 1.54) is 11.1 Å². The highest BCUT2D eigenvalue weighted by atomic mass is 16.7. The maximum absolute atomic E-state index is 12.2. The van der Waals surface area contributed by atoms with E-state index in [9.17, 15) is 4.79 Å². The quantitative estimate of drug-likeness (QED) is 0.834. The first-order valence-corrected chi connectivity index (χ1v) is 9.85. The number of carbonyl (C=O) groups excluding carboxylic acids is 1. The zero-order valence-corrected chi connectivity index (χ0v) is 16.3. The van der Waals surface area contributed by atoms with Crippen LogP contribution in [0.2, 0.25) is 0 Å². The summed E-state index contributed by atoms with van der Waals surface area (Å²) in [6.45, 7) is 8.06. The number of carbonyl (C=O) groups is 1. The Labute approximate surface area is 166 Å². The van der Waals surface area contributed by atoms with Crippen LogP contribution in [0.1, 0.15) is 17.5 Å². The molecule has 0 atom stereocenters. The van der Waals surface area contributed by atoms with Gasteiger partial charge in [0.15, 0.2) is 11.5 Å². The van der Waals surface area contributed by atoms with E-state index < -0.39 is 0 Å². The van der Waals surface area contributed by atoms with Gasteiger partial charge in [-0.1, -0.05) is 23.8 Å². The Bertz CT molecular complexity index is 814. The summed E-state index contributed by atoms with van der Waals surface area (Å²) >= 11 is 0. The molecule has 2 aromatic carbocycles. The first-order valence-electron chi connectivity index (χ1n) is 9.85. The molecule has 1 amide bonds. The highest BCUT2D eigenvalue weighted by Gasteiger charge is 2.19. The molecule has 6 heteroatoms. The fourth-order valence-corrected chi connectivity index (χ4v) is 3.59. The van der Waals surface area contributed by atoms with E-state index in [0.29, 0.717) is 13.2 Å². The lowest BCUT2D eigenvalue weighted by molar-refractivity contribution is -0.116. The van der Waals surface area contributed by atoms with Gasteiger partial charge in [0.1, 0.15) is 0 Å². The fraction of sp³-hybridized carbons (Fsp3) is 0.409. The monoisotopic (exact) mass is 381 g/mol. The molecule has 2 aromatic rings. The van der Waals surface area contributed by atoms with Gasteiger partial charge in [0.2, 0.25) is 12.7 Å². The minimum absolute atomic E-state index is 0.0756. The Hall–Kier alpha value is -2.57. The van der Waals surface area contributed by atoms with Crippen molar-refractivity contribution in [2.24, 2.45) is 0 Å². The van der Waals surface area contributed by atoms with Crippen molar-refractivity contribution in [1.82, 2.24) is 9.80 Å². The molecular formula is C22H27N3O3. The lowest BCUT2D eigenvalue weighted by Gasteiger charge is -2.34. The number of anilines is 1. The minimum atomic E-state index is 0.0756. The summed E-state index contributed by atoms with van der Waals surface area (Å²) in [5.74, 6) is 1.75. The van der Waals surface area contributed by atoms with Crippen molar-refractivity contribution in [3.63, 3.8) is 0 Å². The molecule has 28 heavy (non-hydrogen) atoms. The highest BCUT2D eigenvalue weighted by Crippen LogP contribution is 2.32. The molecule has 1 fully saturated rings. The van der Waals surface area contributed by atoms with Crippen LogP contribution in [0.5, 0.6) is 11.5 Å². The van der Waals surface area contributed by atoms with Gasteiger partial charge in [-0.2, -0.15) is 0 Å². The lowest BCUT2D eigenvalue weighted by Crippen LogP contribution is -2.46. The summed E-state index contributed by atoms with van der Waals surface area (Å²) in [6.07, 6.45) is 0.524. The number of benzene rings is 2. The van der Waals surface area contributed by atoms with Crippen LogP contribution in [0.25, 0.3) is 0 Å². The van der Waals surface area contributed by atoms with E-state index in [2.05, 4.69) is 27.2 Å². The van der Waals surface area contributed by atoms with Crippen molar-refractivity contribution in [2.45, 2.75) is 19.9 Å². The maximum Gasteiger partial charge on any atom is 0.231 e. The summed E-state index contributed by atoms with van der Waals surface area (Å²) < 4.78 is 10.8. The number of piperazine rings is 1. The number of amides is 1. The van der Waals surface area contributed by atoms with Gasteiger partial charge < -0.3 is 19.7 Å². The predicted molar refractivity (Wildman–Crippen MR) is 109 cm³/mol. The molecule has 0 bridgehead atoms. The SMILES string of the molecule is Cc1ccc(NC(=O)CCN2CCN(Cc3ccc4c(c3)OCO4)CC2)cc1. The lowest BCUT2D eigenvalue weighted by atomic mass is 10.1. The highest BCUT2D eigenvalue weighted by molar-refractivity contribution is 5.90. The smallest absolute Gasteiger partial charge is 0.231 e. The van der Waals surface area contributed by atoms with Crippen molar-refractivity contribution >= 4 is 11.6 Å². The second-order valence-corrected chi connectivity index (χ2v) is 7.47. The number of hydrogen-bond acceptors (Lipinski definition) is 5. The molecule has 6 nitrogen and oxygen atoms in total. The number of nitrogens with one attached hydrogen (secondary N) is 1. The van der Waals surface area contributed by atoms with E-state index in [1.54, 1.807) is 0 Å². The summed E-state index contributed by atoms with van der Waals surface area (Å²) in [5.41, 5.74) is 3.30. The van der Waals surface area contributed by atoms with E-state index in [-0.39, 0.29) is 5.91 Å². The molecule has 148 valence electrons. The van der Waals surface area contributed by atoms with Crippen LogP contribution < -0.4 is 14.8 Å². The molecule has 0 saturated carbocycles. The normalized spacial score (nSPS) is 16.9. The third kappa shape index (κ3) is 4.82. The van der Waals surface area contributed by atoms with Gasteiger partial charge in [-0.05, 0) is 36.8 Å². The van der Waals surface area contributed by atoms with Gasteiger partial charge in [-0.25, -0.2) is 0 Å². The van der Waals surface area contributed by atoms with Crippen molar-refractivity contribution in [1.29, 1.82) is 0 Å². The van der Waals surface area contributed by atoms with E-state index in [4.69, 9.17) is 9.47 Å². The second-order valence-electron chi connectivity index (χ2n) is 7.47. The van der Waals surface area contributed by atoms with E-state index in [0.717, 1.165) is 56.5 Å². The van der Waals surface area contributed by atoms with Gasteiger partial charge in [0.05, 0.1) is 0 Å². The number of nitrogens with zero attached hydrogens (tertiary/aromatic N) is 2. The van der Waals surface area contributed by atoms with Gasteiger partial charge in [0, 0.05) is 51.4 Å². The Morgan fingerprint density at radius 3 is 2.46 bits per heavy atom. The first-order chi connectivity index (χ1) is 13.7. The number of ether oxygens (including phenoxy) is 2. The molecule has 2 aliphatic heterocycles. The Kier molecular flexibility index (Phi) is 5.78. The number of aryl methyl sites for hydroxylation is 1. The molecule has 4 rings (SSSR count). The number of rotatable bonds is 6. The zero-order chi connectivity index (χ0) is 19.3. The Morgan fingerprint density at radius 1 is 0.964 bits per heavy atom. The summed E-state index contributed by atoms with van der Waals surface area (Å²) in [5, 5.41) is 2.97. The third-order valence-corrected chi connectivity index (χ3v) is 5.30. The molecular weight excluding hydrogens is 354 g/mol. The molecule has 2 aliphatic rings. The van der Waals surface area contributed by atoms with Crippen LogP contribution in [0.4, 0.5) is 5.69 Å². The van der Waals surface area contributed by atoms with Crippen LogP contribution >= 0.6 is 0 Å². The predicted octanol–water partition coefficient (Wildman–Crippen LogP) is 2.87. The van der Waals surface area contributed by atoms with E-state index >= 15 is 0 Å². The van der Waals surface area contributed by atoms with Crippen LogP contribution in [0.15, 0.2) is 42.5 Å².